The third-order valence-electron chi connectivity index (χ3n) is 5.08. The van der Waals surface area contributed by atoms with Crippen LogP contribution in [0.25, 0.3) is 0 Å². The maximum absolute atomic E-state index is 13.3. The van der Waals surface area contributed by atoms with Crippen LogP contribution in [0.2, 0.25) is 5.02 Å². The van der Waals surface area contributed by atoms with Crippen molar-refractivity contribution in [2.45, 2.75) is 36.7 Å². The molecule has 9 heteroatoms. The highest BCUT2D eigenvalue weighted by molar-refractivity contribution is 8.00. The number of benzene rings is 2. The second-order valence-electron chi connectivity index (χ2n) is 6.91. The van der Waals surface area contributed by atoms with Gasteiger partial charge < -0.3 is 15.5 Å². The Hall–Kier alpha value is -2.71. The smallest absolute Gasteiger partial charge is 0.240 e. The number of methoxy groups -OCH3 is 1. The molecule has 0 spiro atoms. The zero-order chi connectivity index (χ0) is 21.3. The number of halogens is 1. The van der Waals surface area contributed by atoms with Crippen LogP contribution in [-0.4, -0.2) is 33.1 Å². The molecule has 0 bridgehead atoms. The predicted octanol–water partition coefficient (Wildman–Crippen LogP) is 4.21. The fraction of sp³-hybridized carbons (Fsp3) is 0.286. The Morgan fingerprint density at radius 1 is 1.27 bits per heavy atom. The summed E-state index contributed by atoms with van der Waals surface area (Å²) in [5, 5.41) is 12.3. The first-order chi connectivity index (χ1) is 14.5. The third-order valence-corrected chi connectivity index (χ3v) is 6.70. The summed E-state index contributed by atoms with van der Waals surface area (Å²) in [6, 6.07) is 12.9. The molecule has 0 saturated heterocycles. The Kier molecular flexibility index (Phi) is 5.87. The van der Waals surface area contributed by atoms with Gasteiger partial charge in [0.1, 0.15) is 11.0 Å². The van der Waals surface area contributed by atoms with E-state index in [0.717, 1.165) is 29.1 Å². The number of ether oxygens (including phenoxy) is 1. The average molecular weight is 444 g/mol. The van der Waals surface area contributed by atoms with Gasteiger partial charge in [0.05, 0.1) is 13.2 Å². The highest BCUT2D eigenvalue weighted by Crippen LogP contribution is 2.38. The van der Waals surface area contributed by atoms with Crippen molar-refractivity contribution in [2.24, 2.45) is 0 Å². The summed E-state index contributed by atoms with van der Waals surface area (Å²) in [6.07, 6.45) is 0.731. The van der Waals surface area contributed by atoms with Crippen molar-refractivity contribution >= 4 is 35.0 Å². The van der Waals surface area contributed by atoms with Crippen LogP contribution in [0.4, 0.5) is 5.69 Å². The highest BCUT2D eigenvalue weighted by Gasteiger charge is 2.37. The van der Waals surface area contributed by atoms with E-state index in [-0.39, 0.29) is 11.9 Å². The van der Waals surface area contributed by atoms with Crippen molar-refractivity contribution in [2.75, 3.05) is 17.9 Å². The molecule has 2 heterocycles. The van der Waals surface area contributed by atoms with Crippen LogP contribution < -0.4 is 15.5 Å². The van der Waals surface area contributed by atoms with Gasteiger partial charge in [-0.15, -0.1) is 10.2 Å². The molecule has 2 aromatic carbocycles. The minimum Gasteiger partial charge on any atom is -0.497 e. The lowest BCUT2D eigenvalue weighted by atomic mass is 10.0. The Bertz CT molecular complexity index is 1070. The average Bonchev–Trinajstić information content (AvgIpc) is 3.18. The molecule has 0 fully saturated rings. The number of hydrogen-bond acceptors (Lipinski definition) is 6. The van der Waals surface area contributed by atoms with Gasteiger partial charge in [0.25, 0.3) is 0 Å². The summed E-state index contributed by atoms with van der Waals surface area (Å²) in [5.74, 6) is 1.45. The van der Waals surface area contributed by atoms with Gasteiger partial charge in [0.2, 0.25) is 11.1 Å². The maximum atomic E-state index is 13.3. The Morgan fingerprint density at radius 2 is 2.03 bits per heavy atom. The fourth-order valence-corrected chi connectivity index (χ4v) is 4.61. The van der Waals surface area contributed by atoms with E-state index in [2.05, 4.69) is 20.9 Å². The SMILES string of the molecule is CCc1nnc2n1NC(c1ccc(OC)cc1)C(C(=O)Nc1cccc(Cl)c1C)S2. The van der Waals surface area contributed by atoms with Crippen LogP contribution in [0.15, 0.2) is 47.6 Å². The minimum absolute atomic E-state index is 0.133. The number of rotatable bonds is 5. The minimum atomic E-state index is -0.460. The van der Waals surface area contributed by atoms with Crippen LogP contribution in [0.1, 0.15) is 29.9 Å². The first-order valence-electron chi connectivity index (χ1n) is 9.59. The van der Waals surface area contributed by atoms with E-state index in [1.54, 1.807) is 13.2 Å². The molecule has 7 nitrogen and oxygen atoms in total. The molecular weight excluding hydrogens is 422 g/mol. The molecule has 3 aromatic rings. The van der Waals surface area contributed by atoms with Gasteiger partial charge in [-0.25, -0.2) is 4.68 Å². The van der Waals surface area contributed by atoms with Gasteiger partial charge in [0, 0.05) is 17.1 Å². The first kappa shape index (κ1) is 20.6. The zero-order valence-electron chi connectivity index (χ0n) is 16.8. The highest BCUT2D eigenvalue weighted by atomic mass is 35.5. The topological polar surface area (TPSA) is 81.1 Å². The molecule has 0 aliphatic carbocycles. The van der Waals surface area contributed by atoms with Crippen LogP contribution in [0, 0.1) is 6.92 Å². The third kappa shape index (κ3) is 3.85. The molecule has 4 rings (SSSR count). The molecule has 2 atom stereocenters. The number of anilines is 1. The number of hydrogen-bond donors (Lipinski definition) is 2. The molecular formula is C21H22ClN5O2S. The number of fused-ring (bicyclic) bond motifs is 1. The molecule has 0 radical (unpaired) electrons. The second-order valence-corrected chi connectivity index (χ2v) is 8.42. The van der Waals surface area contributed by atoms with Crippen molar-refractivity contribution in [3.8, 4) is 5.75 Å². The number of carbonyl (C=O) groups is 1. The number of nitrogens with one attached hydrogen (secondary N) is 2. The van der Waals surface area contributed by atoms with E-state index in [1.807, 2.05) is 54.9 Å². The second kappa shape index (κ2) is 8.57. The van der Waals surface area contributed by atoms with E-state index < -0.39 is 5.25 Å². The number of aryl methyl sites for hydroxylation is 1. The molecule has 30 heavy (non-hydrogen) atoms. The lowest BCUT2D eigenvalue weighted by molar-refractivity contribution is -0.116. The van der Waals surface area contributed by atoms with Gasteiger partial charge in [-0.1, -0.05) is 48.5 Å². The van der Waals surface area contributed by atoms with Gasteiger partial charge in [0.15, 0.2) is 5.82 Å². The number of nitrogens with zero attached hydrogens (tertiary/aromatic N) is 3. The predicted molar refractivity (Wildman–Crippen MR) is 119 cm³/mol. The Balaban J connectivity index is 1.68. The number of aromatic nitrogens is 3. The van der Waals surface area contributed by atoms with Gasteiger partial charge in [-0.2, -0.15) is 0 Å². The molecule has 1 amide bonds. The molecule has 2 unspecified atom stereocenters. The van der Waals surface area contributed by atoms with E-state index in [1.165, 1.54) is 11.8 Å². The largest absolute Gasteiger partial charge is 0.497 e. The summed E-state index contributed by atoms with van der Waals surface area (Å²) < 4.78 is 7.14. The summed E-state index contributed by atoms with van der Waals surface area (Å²) >= 11 is 7.61. The molecule has 1 aliphatic heterocycles. The summed E-state index contributed by atoms with van der Waals surface area (Å²) in [6.45, 7) is 3.90. The number of thioether (sulfide) groups is 1. The normalized spacial score (nSPS) is 17.7. The summed E-state index contributed by atoms with van der Waals surface area (Å²) in [7, 11) is 1.63. The van der Waals surface area contributed by atoms with Crippen molar-refractivity contribution in [3.05, 3.63) is 64.4 Å². The van der Waals surface area contributed by atoms with Crippen LogP contribution >= 0.6 is 23.4 Å². The number of amides is 1. The maximum Gasteiger partial charge on any atom is 0.240 e. The zero-order valence-corrected chi connectivity index (χ0v) is 18.4. The summed E-state index contributed by atoms with van der Waals surface area (Å²) in [4.78, 5) is 13.3. The Morgan fingerprint density at radius 3 is 2.73 bits per heavy atom. The van der Waals surface area contributed by atoms with E-state index in [0.29, 0.717) is 15.9 Å². The Labute approximate surface area is 184 Å². The van der Waals surface area contributed by atoms with E-state index >= 15 is 0 Å². The fourth-order valence-electron chi connectivity index (χ4n) is 3.34. The van der Waals surface area contributed by atoms with Gasteiger partial charge >= 0.3 is 0 Å². The van der Waals surface area contributed by atoms with Crippen molar-refractivity contribution in [3.63, 3.8) is 0 Å². The standard InChI is InChI=1S/C21H22ClN5O2S/c1-4-17-24-25-21-27(17)26-18(13-8-10-14(29-3)11-9-13)19(30-21)20(28)23-16-7-5-6-15(22)12(16)2/h5-11,18-19,26H,4H2,1-3H3,(H,23,28). The van der Waals surface area contributed by atoms with E-state index in [4.69, 9.17) is 16.3 Å². The summed E-state index contributed by atoms with van der Waals surface area (Å²) in [5.41, 5.74) is 5.93. The number of carbonyl (C=O) groups excluding carboxylic acids is 1. The van der Waals surface area contributed by atoms with Crippen LogP contribution in [0.5, 0.6) is 5.75 Å². The lowest BCUT2D eigenvalue weighted by Crippen LogP contribution is -2.41. The van der Waals surface area contributed by atoms with E-state index in [9.17, 15) is 4.79 Å². The molecule has 0 saturated carbocycles. The van der Waals surface area contributed by atoms with Crippen molar-refractivity contribution in [1.29, 1.82) is 0 Å². The van der Waals surface area contributed by atoms with Crippen molar-refractivity contribution < 1.29 is 9.53 Å². The molecule has 156 valence electrons. The van der Waals surface area contributed by atoms with Gasteiger partial charge in [-0.05, 0) is 42.3 Å². The van der Waals surface area contributed by atoms with Gasteiger partial charge in [-0.3, -0.25) is 4.79 Å². The monoisotopic (exact) mass is 443 g/mol. The first-order valence-corrected chi connectivity index (χ1v) is 10.8. The van der Waals surface area contributed by atoms with Crippen molar-refractivity contribution in [1.82, 2.24) is 14.9 Å². The van der Waals surface area contributed by atoms with Crippen LogP contribution in [0.3, 0.4) is 0 Å². The van der Waals surface area contributed by atoms with Crippen LogP contribution in [-0.2, 0) is 11.2 Å². The lowest BCUT2D eigenvalue weighted by Gasteiger charge is -2.33. The molecule has 1 aromatic heterocycles. The molecule has 1 aliphatic rings. The quantitative estimate of drug-likeness (QED) is 0.614. The molecule has 2 N–H and O–H groups in total.